The zero-order chi connectivity index (χ0) is 9.26. The van der Waals surface area contributed by atoms with E-state index in [1.165, 1.54) is 18.5 Å². The summed E-state index contributed by atoms with van der Waals surface area (Å²) in [5.74, 6) is 0.819. The Morgan fingerprint density at radius 2 is 2.38 bits per heavy atom. The van der Waals surface area contributed by atoms with Crippen molar-refractivity contribution in [2.45, 2.75) is 25.8 Å². The van der Waals surface area contributed by atoms with E-state index < -0.39 is 0 Å². The molecule has 2 heterocycles. The molecule has 0 bridgehead atoms. The molecule has 0 radical (unpaired) electrons. The van der Waals surface area contributed by atoms with E-state index in [1.54, 1.807) is 0 Å². The van der Waals surface area contributed by atoms with E-state index in [2.05, 4.69) is 23.4 Å². The van der Waals surface area contributed by atoms with Crippen molar-refractivity contribution in [3.8, 4) is 0 Å². The molecule has 1 saturated heterocycles. The summed E-state index contributed by atoms with van der Waals surface area (Å²) in [5.41, 5.74) is 1.19. The van der Waals surface area contributed by atoms with Gasteiger partial charge in [-0.05, 0) is 31.4 Å². The molecule has 3 heteroatoms. The van der Waals surface area contributed by atoms with Crippen LogP contribution in [0.5, 0.6) is 0 Å². The maximum absolute atomic E-state index is 4.41. The molecule has 1 aliphatic rings. The minimum absolute atomic E-state index is 0.484. The predicted molar refractivity (Wildman–Crippen MR) is 52.3 cm³/mol. The molecule has 3 nitrogen and oxygen atoms in total. The maximum atomic E-state index is 4.41. The lowest BCUT2D eigenvalue weighted by Crippen LogP contribution is -2.32. The number of aryl methyl sites for hydroxylation is 1. The molecule has 0 saturated carbocycles. The second-order valence-electron chi connectivity index (χ2n) is 4.06. The lowest BCUT2D eigenvalue weighted by molar-refractivity contribution is 0.327. The Labute approximate surface area is 79.1 Å². The Kier molecular flexibility index (Phi) is 2.36. The Balaban J connectivity index is 2.02. The summed E-state index contributed by atoms with van der Waals surface area (Å²) in [6, 6.07) is 2.59. The average Bonchev–Trinajstić information content (AvgIpc) is 2.53. The van der Waals surface area contributed by atoms with Gasteiger partial charge in [-0.25, -0.2) is 0 Å². The molecule has 1 aromatic heterocycles. The van der Waals surface area contributed by atoms with Crippen LogP contribution in [0, 0.1) is 5.92 Å². The molecule has 2 rings (SSSR count). The van der Waals surface area contributed by atoms with E-state index in [9.17, 15) is 0 Å². The van der Waals surface area contributed by atoms with Crippen molar-refractivity contribution in [2.24, 2.45) is 13.0 Å². The molecule has 1 aromatic rings. The molecule has 2 atom stereocenters. The fourth-order valence-corrected chi connectivity index (χ4v) is 1.87. The number of aromatic nitrogens is 2. The Morgan fingerprint density at radius 3 is 2.92 bits per heavy atom. The molecule has 0 aromatic carbocycles. The van der Waals surface area contributed by atoms with E-state index in [-0.39, 0.29) is 0 Å². The van der Waals surface area contributed by atoms with Crippen molar-refractivity contribution in [3.05, 3.63) is 18.0 Å². The molecule has 0 spiro atoms. The number of hydrogen-bond donors (Lipinski definition) is 1. The van der Waals surface area contributed by atoms with E-state index >= 15 is 0 Å². The normalized spacial score (nSPS) is 29.1. The lowest BCUT2D eigenvalue weighted by Gasteiger charge is -2.26. The topological polar surface area (TPSA) is 29.9 Å². The highest BCUT2D eigenvalue weighted by Crippen LogP contribution is 2.23. The fraction of sp³-hybridized carbons (Fsp3) is 0.700. The average molecular weight is 179 g/mol. The Bertz CT molecular complexity index is 271. The van der Waals surface area contributed by atoms with Gasteiger partial charge in [-0.1, -0.05) is 6.92 Å². The molecular weight excluding hydrogens is 162 g/mol. The number of nitrogens with zero attached hydrogens (tertiary/aromatic N) is 2. The van der Waals surface area contributed by atoms with Gasteiger partial charge in [0.2, 0.25) is 0 Å². The van der Waals surface area contributed by atoms with Gasteiger partial charge in [0.25, 0.3) is 0 Å². The molecule has 1 N–H and O–H groups in total. The van der Waals surface area contributed by atoms with Gasteiger partial charge in [-0.3, -0.25) is 4.68 Å². The first-order valence-electron chi connectivity index (χ1n) is 4.98. The zero-order valence-electron chi connectivity index (χ0n) is 8.33. The molecule has 13 heavy (non-hydrogen) atoms. The first-order chi connectivity index (χ1) is 6.25. The van der Waals surface area contributed by atoms with Crippen molar-refractivity contribution in [2.75, 3.05) is 6.54 Å². The predicted octanol–water partition coefficient (Wildman–Crippen LogP) is 1.48. The zero-order valence-corrected chi connectivity index (χ0v) is 8.33. The summed E-state index contributed by atoms with van der Waals surface area (Å²) in [6.07, 6.45) is 4.54. The highest BCUT2D eigenvalue weighted by atomic mass is 15.3. The molecule has 0 aliphatic carbocycles. The molecular formula is C10H17N3. The van der Waals surface area contributed by atoms with Crippen LogP contribution in [-0.2, 0) is 7.05 Å². The Hall–Kier alpha value is -0.830. The minimum Gasteiger partial charge on any atom is -0.308 e. The monoisotopic (exact) mass is 179 g/mol. The highest BCUT2D eigenvalue weighted by Gasteiger charge is 2.20. The molecule has 1 fully saturated rings. The summed E-state index contributed by atoms with van der Waals surface area (Å²) in [7, 11) is 1.97. The van der Waals surface area contributed by atoms with Gasteiger partial charge < -0.3 is 5.32 Å². The van der Waals surface area contributed by atoms with Crippen molar-refractivity contribution in [1.82, 2.24) is 15.1 Å². The van der Waals surface area contributed by atoms with Gasteiger partial charge in [0.1, 0.15) is 0 Å². The third-order valence-corrected chi connectivity index (χ3v) is 2.75. The highest BCUT2D eigenvalue weighted by molar-refractivity contribution is 5.06. The second kappa shape index (κ2) is 3.50. The summed E-state index contributed by atoms with van der Waals surface area (Å²) in [4.78, 5) is 0. The fourth-order valence-electron chi connectivity index (χ4n) is 1.87. The standard InChI is InChI=1S/C10H17N3/c1-8-3-4-9(11-7-8)10-5-6-13(2)12-10/h5-6,8-9,11H,3-4,7H2,1-2H3. The molecule has 2 unspecified atom stereocenters. The van der Waals surface area contributed by atoms with Crippen molar-refractivity contribution >= 4 is 0 Å². The molecule has 72 valence electrons. The number of piperidine rings is 1. The first kappa shape index (κ1) is 8.75. The summed E-state index contributed by atoms with van der Waals surface area (Å²) in [6.45, 7) is 3.42. The van der Waals surface area contributed by atoms with Gasteiger partial charge in [-0.2, -0.15) is 5.10 Å². The minimum atomic E-state index is 0.484. The number of nitrogens with one attached hydrogen (secondary N) is 1. The largest absolute Gasteiger partial charge is 0.308 e. The van der Waals surface area contributed by atoms with E-state index in [0.717, 1.165) is 12.5 Å². The first-order valence-corrected chi connectivity index (χ1v) is 4.98. The maximum Gasteiger partial charge on any atom is 0.0793 e. The molecule has 1 aliphatic heterocycles. The van der Waals surface area contributed by atoms with Crippen LogP contribution >= 0.6 is 0 Å². The van der Waals surface area contributed by atoms with Crippen LogP contribution in [0.25, 0.3) is 0 Å². The van der Waals surface area contributed by atoms with Crippen molar-refractivity contribution < 1.29 is 0 Å². The summed E-state index contributed by atoms with van der Waals surface area (Å²) >= 11 is 0. The van der Waals surface area contributed by atoms with Gasteiger partial charge >= 0.3 is 0 Å². The Morgan fingerprint density at radius 1 is 1.54 bits per heavy atom. The van der Waals surface area contributed by atoms with Gasteiger partial charge in [-0.15, -0.1) is 0 Å². The SMILES string of the molecule is CC1CCC(c2ccn(C)n2)NC1. The smallest absolute Gasteiger partial charge is 0.0793 e. The van der Waals surface area contributed by atoms with Gasteiger partial charge in [0, 0.05) is 13.2 Å². The van der Waals surface area contributed by atoms with Crippen LogP contribution in [0.15, 0.2) is 12.3 Å². The third kappa shape index (κ3) is 1.91. The third-order valence-electron chi connectivity index (χ3n) is 2.75. The van der Waals surface area contributed by atoms with E-state index in [1.807, 2.05) is 17.9 Å². The van der Waals surface area contributed by atoms with Crippen LogP contribution in [-0.4, -0.2) is 16.3 Å². The van der Waals surface area contributed by atoms with E-state index in [0.29, 0.717) is 6.04 Å². The lowest BCUT2D eigenvalue weighted by atomic mass is 9.95. The summed E-state index contributed by atoms with van der Waals surface area (Å²) < 4.78 is 1.87. The van der Waals surface area contributed by atoms with Crippen molar-refractivity contribution in [1.29, 1.82) is 0 Å². The van der Waals surface area contributed by atoms with Crippen LogP contribution in [0.2, 0.25) is 0 Å². The van der Waals surface area contributed by atoms with Crippen molar-refractivity contribution in [3.63, 3.8) is 0 Å². The van der Waals surface area contributed by atoms with Crippen LogP contribution in [0.3, 0.4) is 0 Å². The molecule has 0 amide bonds. The van der Waals surface area contributed by atoms with E-state index in [4.69, 9.17) is 0 Å². The number of rotatable bonds is 1. The number of hydrogen-bond acceptors (Lipinski definition) is 2. The van der Waals surface area contributed by atoms with Crippen LogP contribution in [0.4, 0.5) is 0 Å². The summed E-state index contributed by atoms with van der Waals surface area (Å²) in [5, 5.41) is 7.94. The quantitative estimate of drug-likeness (QED) is 0.707. The van der Waals surface area contributed by atoms with Crippen LogP contribution < -0.4 is 5.32 Å². The van der Waals surface area contributed by atoms with Gasteiger partial charge in [0.15, 0.2) is 0 Å². The van der Waals surface area contributed by atoms with Crippen LogP contribution in [0.1, 0.15) is 31.5 Å². The van der Waals surface area contributed by atoms with Gasteiger partial charge in [0.05, 0.1) is 11.7 Å². The second-order valence-corrected chi connectivity index (χ2v) is 4.06.